The fourth-order valence-corrected chi connectivity index (χ4v) is 2.88. The van der Waals surface area contributed by atoms with Crippen LogP contribution in [0.1, 0.15) is 13.3 Å². The predicted octanol–water partition coefficient (Wildman–Crippen LogP) is 2.02. The van der Waals surface area contributed by atoms with Crippen molar-refractivity contribution in [1.29, 1.82) is 0 Å². The zero-order valence-corrected chi connectivity index (χ0v) is 8.94. The summed E-state index contributed by atoms with van der Waals surface area (Å²) in [4.78, 5) is 0. The van der Waals surface area contributed by atoms with Gasteiger partial charge >= 0.3 is 0 Å². The molecule has 0 aromatic carbocycles. The predicted molar refractivity (Wildman–Crippen MR) is 48.3 cm³/mol. The van der Waals surface area contributed by atoms with Gasteiger partial charge in [0.05, 0.1) is 13.2 Å². The Kier molecular flexibility index (Phi) is 2.42. The molecule has 1 fully saturated rings. The molecule has 0 atom stereocenters. The third-order valence-corrected chi connectivity index (χ3v) is 2.94. The smallest absolute Gasteiger partial charge is 0.184 e. The van der Waals surface area contributed by atoms with Crippen molar-refractivity contribution in [2.24, 2.45) is 0 Å². The third kappa shape index (κ3) is 2.29. The molecule has 0 aliphatic carbocycles. The molecule has 0 saturated carbocycles. The monoisotopic (exact) mass is 174 g/mol. The van der Waals surface area contributed by atoms with Crippen molar-refractivity contribution in [2.45, 2.75) is 38.6 Å². The van der Waals surface area contributed by atoms with Gasteiger partial charge in [0.1, 0.15) is 5.60 Å². The van der Waals surface area contributed by atoms with Crippen LogP contribution in [-0.2, 0) is 9.16 Å². The number of hydrogen-bond acceptors (Lipinski definition) is 2. The first-order chi connectivity index (χ1) is 4.97. The van der Waals surface area contributed by atoms with Crippen molar-refractivity contribution in [3.63, 3.8) is 0 Å². The fourth-order valence-electron chi connectivity index (χ4n) is 1.31. The molecule has 0 bridgehead atoms. The lowest BCUT2D eigenvalue weighted by Gasteiger charge is -2.44. The SMILES string of the molecule is CCC1(O[Si](C)(C)C)COC1. The first-order valence-corrected chi connectivity index (χ1v) is 7.66. The van der Waals surface area contributed by atoms with Crippen molar-refractivity contribution >= 4 is 8.32 Å². The minimum absolute atomic E-state index is 0.0878. The quantitative estimate of drug-likeness (QED) is 0.609. The first-order valence-electron chi connectivity index (χ1n) is 4.25. The average molecular weight is 174 g/mol. The molecule has 1 aliphatic rings. The lowest BCUT2D eigenvalue weighted by atomic mass is 10.00. The highest BCUT2D eigenvalue weighted by Gasteiger charge is 2.41. The standard InChI is InChI=1S/C8H18O2Si/c1-5-8(6-9-7-8)10-11(2,3)4/h5-7H2,1-4H3. The summed E-state index contributed by atoms with van der Waals surface area (Å²) in [5.74, 6) is 0. The highest BCUT2D eigenvalue weighted by Crippen LogP contribution is 2.29. The molecular weight excluding hydrogens is 156 g/mol. The van der Waals surface area contributed by atoms with Crippen LogP contribution in [0.3, 0.4) is 0 Å². The summed E-state index contributed by atoms with van der Waals surface area (Å²) in [6.45, 7) is 10.4. The van der Waals surface area contributed by atoms with E-state index >= 15 is 0 Å². The summed E-state index contributed by atoms with van der Waals surface area (Å²) in [6, 6.07) is 0. The van der Waals surface area contributed by atoms with E-state index in [4.69, 9.17) is 9.16 Å². The second kappa shape index (κ2) is 2.88. The Morgan fingerprint density at radius 3 is 2.00 bits per heavy atom. The second-order valence-electron chi connectivity index (χ2n) is 4.24. The van der Waals surface area contributed by atoms with Crippen molar-refractivity contribution in [2.75, 3.05) is 13.2 Å². The Balaban J connectivity index is 2.45. The number of hydrogen-bond donors (Lipinski definition) is 0. The molecule has 0 radical (unpaired) electrons. The zero-order valence-electron chi connectivity index (χ0n) is 7.94. The van der Waals surface area contributed by atoms with E-state index in [1.807, 2.05) is 0 Å². The summed E-state index contributed by atoms with van der Waals surface area (Å²) in [7, 11) is -1.36. The van der Waals surface area contributed by atoms with Gasteiger partial charge < -0.3 is 9.16 Å². The first kappa shape index (κ1) is 9.23. The molecule has 0 unspecified atom stereocenters. The minimum atomic E-state index is -1.36. The summed E-state index contributed by atoms with van der Waals surface area (Å²) >= 11 is 0. The molecule has 66 valence electrons. The average Bonchev–Trinajstić information content (AvgIpc) is 1.77. The van der Waals surface area contributed by atoms with Gasteiger partial charge in [0.2, 0.25) is 0 Å². The Morgan fingerprint density at radius 1 is 1.36 bits per heavy atom. The summed E-state index contributed by atoms with van der Waals surface area (Å²) < 4.78 is 11.2. The van der Waals surface area contributed by atoms with Gasteiger partial charge in [-0.25, -0.2) is 0 Å². The van der Waals surface area contributed by atoms with E-state index in [9.17, 15) is 0 Å². The van der Waals surface area contributed by atoms with Crippen LogP contribution in [0.25, 0.3) is 0 Å². The van der Waals surface area contributed by atoms with Crippen LogP contribution >= 0.6 is 0 Å². The number of ether oxygens (including phenoxy) is 1. The van der Waals surface area contributed by atoms with Gasteiger partial charge in [0.25, 0.3) is 0 Å². The summed E-state index contributed by atoms with van der Waals surface area (Å²) in [5, 5.41) is 0. The van der Waals surface area contributed by atoms with Gasteiger partial charge in [0, 0.05) is 0 Å². The molecule has 11 heavy (non-hydrogen) atoms. The lowest BCUT2D eigenvalue weighted by molar-refractivity contribution is -0.167. The Morgan fingerprint density at radius 2 is 1.91 bits per heavy atom. The van der Waals surface area contributed by atoms with Crippen molar-refractivity contribution in [3.8, 4) is 0 Å². The largest absolute Gasteiger partial charge is 0.407 e. The topological polar surface area (TPSA) is 18.5 Å². The Labute approximate surface area is 70.0 Å². The van der Waals surface area contributed by atoms with E-state index in [2.05, 4.69) is 26.6 Å². The molecule has 0 aromatic heterocycles. The van der Waals surface area contributed by atoms with E-state index in [1.165, 1.54) is 0 Å². The van der Waals surface area contributed by atoms with E-state index in [-0.39, 0.29) is 5.60 Å². The molecule has 1 heterocycles. The van der Waals surface area contributed by atoms with E-state index in [1.54, 1.807) is 0 Å². The summed E-state index contributed by atoms with van der Waals surface area (Å²) in [5.41, 5.74) is 0.0878. The molecule has 1 saturated heterocycles. The molecule has 0 spiro atoms. The van der Waals surface area contributed by atoms with Gasteiger partial charge in [-0.1, -0.05) is 6.92 Å². The molecule has 1 rings (SSSR count). The molecule has 3 heteroatoms. The number of rotatable bonds is 3. The van der Waals surface area contributed by atoms with Crippen LogP contribution in [0.2, 0.25) is 19.6 Å². The molecule has 1 aliphatic heterocycles. The van der Waals surface area contributed by atoms with Crippen LogP contribution in [0, 0.1) is 0 Å². The molecule has 0 N–H and O–H groups in total. The van der Waals surface area contributed by atoms with Gasteiger partial charge in [0.15, 0.2) is 8.32 Å². The Bertz CT molecular complexity index is 130. The van der Waals surface area contributed by atoms with Gasteiger partial charge in [-0.05, 0) is 26.1 Å². The van der Waals surface area contributed by atoms with Crippen LogP contribution in [0.4, 0.5) is 0 Å². The van der Waals surface area contributed by atoms with Gasteiger partial charge in [-0.2, -0.15) is 0 Å². The molecule has 0 amide bonds. The normalized spacial score (nSPS) is 22.9. The summed E-state index contributed by atoms with van der Waals surface area (Å²) in [6.07, 6.45) is 1.08. The fraction of sp³-hybridized carbons (Fsp3) is 1.00. The van der Waals surface area contributed by atoms with E-state index in [0.717, 1.165) is 19.6 Å². The van der Waals surface area contributed by atoms with Crippen LogP contribution < -0.4 is 0 Å². The van der Waals surface area contributed by atoms with Crippen molar-refractivity contribution in [3.05, 3.63) is 0 Å². The van der Waals surface area contributed by atoms with Crippen molar-refractivity contribution < 1.29 is 9.16 Å². The highest BCUT2D eigenvalue weighted by atomic mass is 28.4. The van der Waals surface area contributed by atoms with Gasteiger partial charge in [-0.15, -0.1) is 0 Å². The minimum Gasteiger partial charge on any atom is -0.407 e. The maximum atomic E-state index is 6.02. The van der Waals surface area contributed by atoms with Crippen LogP contribution in [-0.4, -0.2) is 27.1 Å². The van der Waals surface area contributed by atoms with E-state index < -0.39 is 8.32 Å². The maximum absolute atomic E-state index is 6.02. The Hall–Kier alpha value is 0.137. The molecule has 0 aromatic rings. The van der Waals surface area contributed by atoms with Gasteiger partial charge in [-0.3, -0.25) is 0 Å². The van der Waals surface area contributed by atoms with E-state index in [0.29, 0.717) is 0 Å². The highest BCUT2D eigenvalue weighted by molar-refractivity contribution is 6.69. The van der Waals surface area contributed by atoms with Crippen LogP contribution in [0.5, 0.6) is 0 Å². The zero-order chi connectivity index (χ0) is 8.54. The lowest BCUT2D eigenvalue weighted by Crippen LogP contribution is -2.56. The third-order valence-electron chi connectivity index (χ3n) is 1.90. The van der Waals surface area contributed by atoms with Crippen LogP contribution in [0.15, 0.2) is 0 Å². The molecular formula is C8H18O2Si. The maximum Gasteiger partial charge on any atom is 0.184 e. The second-order valence-corrected chi connectivity index (χ2v) is 8.67. The van der Waals surface area contributed by atoms with Crippen molar-refractivity contribution in [1.82, 2.24) is 0 Å². The molecule has 2 nitrogen and oxygen atoms in total.